The van der Waals surface area contributed by atoms with Gasteiger partial charge in [0.25, 0.3) is 11.8 Å². The highest BCUT2D eigenvalue weighted by atomic mass is 79.9. The van der Waals surface area contributed by atoms with Crippen LogP contribution in [0.15, 0.2) is 70.4 Å². The number of H-pyrrole nitrogens is 2. The van der Waals surface area contributed by atoms with E-state index < -0.39 is 5.91 Å². The number of benzene rings is 2. The smallest absolute Gasteiger partial charge is 0.286 e. The number of imidazole rings is 1. The standard InChI is InChI=1S/C20H16BrN5O2S/c21-14-9-17(22-10-14)19(28)26-25-18(27)13-7-5-12(6-8-13)11-29-20-23-15-3-1-2-4-16(15)24-20/h1-10,22H,11H2,(H,23,24)(H,25,27)(H,26,28). The molecule has 29 heavy (non-hydrogen) atoms. The van der Waals surface area contributed by atoms with Crippen molar-refractivity contribution in [2.24, 2.45) is 0 Å². The number of amides is 2. The Kier molecular flexibility index (Phi) is 5.68. The molecule has 0 saturated heterocycles. The third kappa shape index (κ3) is 4.69. The molecule has 2 aromatic carbocycles. The zero-order chi connectivity index (χ0) is 20.2. The first-order chi connectivity index (χ1) is 14.1. The largest absolute Gasteiger partial charge is 0.356 e. The van der Waals surface area contributed by atoms with Gasteiger partial charge >= 0.3 is 0 Å². The minimum Gasteiger partial charge on any atom is -0.356 e. The van der Waals surface area contributed by atoms with Gasteiger partial charge in [0.1, 0.15) is 5.69 Å². The van der Waals surface area contributed by atoms with E-state index in [0.29, 0.717) is 11.3 Å². The van der Waals surface area contributed by atoms with Gasteiger partial charge in [-0.25, -0.2) is 4.98 Å². The number of hydrogen-bond donors (Lipinski definition) is 4. The number of fused-ring (bicyclic) bond motifs is 1. The van der Waals surface area contributed by atoms with Crippen LogP contribution in [0.4, 0.5) is 0 Å². The molecular formula is C20H16BrN5O2S. The Hall–Kier alpha value is -3.04. The maximum atomic E-state index is 12.2. The fourth-order valence-corrected chi connectivity index (χ4v) is 3.84. The Bertz CT molecular complexity index is 1140. The molecule has 9 heteroatoms. The number of halogens is 1. The van der Waals surface area contributed by atoms with Crippen LogP contribution >= 0.6 is 27.7 Å². The van der Waals surface area contributed by atoms with Crippen LogP contribution in [-0.4, -0.2) is 26.8 Å². The molecule has 7 nitrogen and oxygen atoms in total. The van der Waals surface area contributed by atoms with Gasteiger partial charge in [-0.3, -0.25) is 20.4 Å². The lowest BCUT2D eigenvalue weighted by Crippen LogP contribution is -2.41. The molecule has 0 saturated carbocycles. The summed E-state index contributed by atoms with van der Waals surface area (Å²) in [6.07, 6.45) is 1.64. The number of nitrogens with one attached hydrogen (secondary N) is 4. The minimum atomic E-state index is -0.428. The summed E-state index contributed by atoms with van der Waals surface area (Å²) < 4.78 is 0.755. The van der Waals surface area contributed by atoms with Gasteiger partial charge in [0.05, 0.1) is 11.0 Å². The highest BCUT2D eigenvalue weighted by molar-refractivity contribution is 9.10. The van der Waals surface area contributed by atoms with Gasteiger partial charge in [-0.15, -0.1) is 0 Å². The number of aromatic nitrogens is 3. The fourth-order valence-electron chi connectivity index (χ4n) is 2.65. The number of rotatable bonds is 5. The zero-order valence-corrected chi connectivity index (χ0v) is 17.4. The van der Waals surface area contributed by atoms with Gasteiger partial charge in [-0.2, -0.15) is 0 Å². The summed E-state index contributed by atoms with van der Waals surface area (Å²) in [7, 11) is 0. The second-order valence-corrected chi connectivity index (χ2v) is 8.06. The Morgan fingerprint density at radius 1 is 1.03 bits per heavy atom. The van der Waals surface area contributed by atoms with Crippen molar-refractivity contribution < 1.29 is 9.59 Å². The SMILES string of the molecule is O=C(NNC(=O)c1cc(Br)c[nH]1)c1ccc(CSc2nc3ccccc3[nH]2)cc1. The van der Waals surface area contributed by atoms with Crippen molar-refractivity contribution >= 4 is 50.5 Å². The van der Waals surface area contributed by atoms with Crippen LogP contribution in [0.5, 0.6) is 0 Å². The molecule has 2 amide bonds. The van der Waals surface area contributed by atoms with E-state index in [4.69, 9.17) is 0 Å². The third-order valence-corrected chi connectivity index (χ3v) is 5.54. The number of thioether (sulfide) groups is 1. The van der Waals surface area contributed by atoms with Gasteiger partial charge in [0.2, 0.25) is 0 Å². The van der Waals surface area contributed by atoms with Crippen molar-refractivity contribution in [3.05, 3.63) is 82.1 Å². The molecule has 0 aliphatic rings. The second kappa shape index (κ2) is 8.54. The Morgan fingerprint density at radius 3 is 2.52 bits per heavy atom. The van der Waals surface area contributed by atoms with E-state index in [9.17, 15) is 9.59 Å². The van der Waals surface area contributed by atoms with Gasteiger partial charge in [-0.05, 0) is 51.8 Å². The number of aromatic amines is 2. The van der Waals surface area contributed by atoms with Crippen LogP contribution < -0.4 is 10.9 Å². The molecule has 0 unspecified atom stereocenters. The van der Waals surface area contributed by atoms with E-state index >= 15 is 0 Å². The van der Waals surface area contributed by atoms with E-state index in [2.05, 4.69) is 41.7 Å². The normalized spacial score (nSPS) is 10.8. The van der Waals surface area contributed by atoms with Gasteiger partial charge in [-0.1, -0.05) is 36.0 Å². The van der Waals surface area contributed by atoms with E-state index in [0.717, 1.165) is 32.0 Å². The summed E-state index contributed by atoms with van der Waals surface area (Å²) >= 11 is 4.85. The topological polar surface area (TPSA) is 103 Å². The van der Waals surface area contributed by atoms with E-state index in [-0.39, 0.29) is 5.91 Å². The molecule has 0 atom stereocenters. The van der Waals surface area contributed by atoms with E-state index in [1.165, 1.54) is 0 Å². The van der Waals surface area contributed by atoms with E-state index in [1.54, 1.807) is 36.2 Å². The quantitative estimate of drug-likeness (QED) is 0.261. The van der Waals surface area contributed by atoms with Crippen molar-refractivity contribution in [2.45, 2.75) is 10.9 Å². The predicted molar refractivity (Wildman–Crippen MR) is 116 cm³/mol. The summed E-state index contributed by atoms with van der Waals surface area (Å²) in [6.45, 7) is 0. The summed E-state index contributed by atoms with van der Waals surface area (Å²) in [5.74, 6) is -0.0940. The molecule has 4 rings (SSSR count). The van der Waals surface area contributed by atoms with Gasteiger partial charge in [0.15, 0.2) is 5.16 Å². The van der Waals surface area contributed by atoms with Crippen molar-refractivity contribution in [2.75, 3.05) is 0 Å². The van der Waals surface area contributed by atoms with E-state index in [1.807, 2.05) is 36.4 Å². The van der Waals surface area contributed by atoms with Crippen molar-refractivity contribution in [3.63, 3.8) is 0 Å². The average molecular weight is 470 g/mol. The average Bonchev–Trinajstić information content (AvgIpc) is 3.36. The molecule has 146 valence electrons. The first kappa shape index (κ1) is 19.3. The molecule has 4 N–H and O–H groups in total. The molecule has 4 aromatic rings. The molecule has 0 aliphatic heterocycles. The lowest BCUT2D eigenvalue weighted by Gasteiger charge is -2.07. The predicted octanol–water partition coefficient (Wildman–Crippen LogP) is 4.02. The number of nitrogens with zero attached hydrogens (tertiary/aromatic N) is 1. The van der Waals surface area contributed by atoms with Crippen LogP contribution in [0, 0.1) is 0 Å². The first-order valence-electron chi connectivity index (χ1n) is 8.69. The molecule has 2 heterocycles. The molecule has 0 aliphatic carbocycles. The Labute approximate surface area is 178 Å². The summed E-state index contributed by atoms with van der Waals surface area (Å²) in [6, 6.07) is 16.7. The Balaban J connectivity index is 1.31. The second-order valence-electron chi connectivity index (χ2n) is 6.18. The van der Waals surface area contributed by atoms with Gasteiger partial charge in [0, 0.05) is 22.0 Å². The summed E-state index contributed by atoms with van der Waals surface area (Å²) in [5.41, 5.74) is 8.59. The number of carbonyl (C=O) groups is 2. The van der Waals surface area contributed by atoms with Crippen LogP contribution in [-0.2, 0) is 5.75 Å². The van der Waals surface area contributed by atoms with Crippen LogP contribution in [0.25, 0.3) is 11.0 Å². The van der Waals surface area contributed by atoms with Crippen LogP contribution in [0.2, 0.25) is 0 Å². The van der Waals surface area contributed by atoms with Crippen LogP contribution in [0.1, 0.15) is 26.4 Å². The lowest BCUT2D eigenvalue weighted by atomic mass is 10.1. The zero-order valence-electron chi connectivity index (χ0n) is 15.0. The van der Waals surface area contributed by atoms with Gasteiger partial charge < -0.3 is 9.97 Å². The molecule has 0 bridgehead atoms. The minimum absolute atomic E-state index is 0.343. The first-order valence-corrected chi connectivity index (χ1v) is 10.5. The lowest BCUT2D eigenvalue weighted by molar-refractivity contribution is 0.0844. The molecular weight excluding hydrogens is 454 g/mol. The fraction of sp³-hybridized carbons (Fsp3) is 0.0500. The van der Waals surface area contributed by atoms with Crippen LogP contribution in [0.3, 0.4) is 0 Å². The molecule has 0 spiro atoms. The monoisotopic (exact) mass is 469 g/mol. The number of hydrazine groups is 1. The Morgan fingerprint density at radius 2 is 1.79 bits per heavy atom. The molecule has 2 aromatic heterocycles. The molecule has 0 fully saturated rings. The number of hydrogen-bond acceptors (Lipinski definition) is 4. The maximum Gasteiger partial charge on any atom is 0.286 e. The van der Waals surface area contributed by atoms with Crippen molar-refractivity contribution in [3.8, 4) is 0 Å². The van der Waals surface area contributed by atoms with Crippen molar-refractivity contribution in [1.29, 1.82) is 0 Å². The highest BCUT2D eigenvalue weighted by Crippen LogP contribution is 2.23. The highest BCUT2D eigenvalue weighted by Gasteiger charge is 2.11. The third-order valence-electron chi connectivity index (χ3n) is 4.14. The molecule has 0 radical (unpaired) electrons. The summed E-state index contributed by atoms with van der Waals surface area (Å²) in [4.78, 5) is 34.8. The maximum absolute atomic E-state index is 12.2. The number of para-hydroxylation sites is 2. The summed E-state index contributed by atoms with van der Waals surface area (Å²) in [5, 5.41) is 0.853. The van der Waals surface area contributed by atoms with Crippen molar-refractivity contribution in [1.82, 2.24) is 25.8 Å². The number of carbonyl (C=O) groups excluding carboxylic acids is 2.